The van der Waals surface area contributed by atoms with Gasteiger partial charge in [-0.1, -0.05) is 468 Å². The molecular formula is C113H198O16P2. The molecule has 0 spiro atoms. The van der Waals surface area contributed by atoms with E-state index in [0.717, 1.165) is 141 Å². The number of unbranched alkanes of at least 4 members (excludes halogenated alkanes) is 53. The molecule has 0 radical (unpaired) electrons. The average Bonchev–Trinajstić information content (AvgIpc) is 0.896. The zero-order chi connectivity index (χ0) is 95.0. The van der Waals surface area contributed by atoms with Crippen LogP contribution in [0.4, 0.5) is 0 Å². The lowest BCUT2D eigenvalue weighted by atomic mass is 10.0. The third-order valence-electron chi connectivity index (χ3n) is 23.2. The van der Waals surface area contributed by atoms with Crippen LogP contribution in [0.1, 0.15) is 483 Å². The minimum absolute atomic E-state index is 0.102. The van der Waals surface area contributed by atoms with Crippen LogP contribution in [0.3, 0.4) is 0 Å². The summed E-state index contributed by atoms with van der Waals surface area (Å²) in [4.78, 5) is 59.3. The Morgan fingerprint density at radius 3 is 0.641 bits per heavy atom. The quantitative estimate of drug-likeness (QED) is 0.0146. The maximum atomic E-state index is 13.1. The summed E-state index contributed by atoms with van der Waals surface area (Å²) < 4.78 is 61.8. The number of esters is 3. The number of allylic oxidation sites excluding steroid dienone is 26. The molecule has 0 aliphatic heterocycles. The maximum Gasteiger partial charge on any atom is 0.472 e. The van der Waals surface area contributed by atoms with Gasteiger partial charge in [-0.3, -0.25) is 32.5 Å². The van der Waals surface area contributed by atoms with Crippen molar-refractivity contribution in [2.75, 3.05) is 39.6 Å². The highest BCUT2D eigenvalue weighted by Gasteiger charge is 2.30. The zero-order valence-electron chi connectivity index (χ0n) is 84.0. The van der Waals surface area contributed by atoms with Crippen molar-refractivity contribution in [1.29, 1.82) is 0 Å². The monoisotopic (exact) mass is 1870 g/mol. The van der Waals surface area contributed by atoms with Crippen molar-refractivity contribution in [3.63, 3.8) is 0 Å². The molecule has 0 fully saturated rings. The Kier molecular flexibility index (Phi) is 100. The minimum Gasteiger partial charge on any atom is -0.463 e. The van der Waals surface area contributed by atoms with Crippen LogP contribution in [0.25, 0.3) is 0 Å². The Balaban J connectivity index is 4.58. The molecule has 0 saturated carbocycles. The average molecular weight is 1870 g/mol. The fourth-order valence-corrected chi connectivity index (χ4v) is 16.7. The van der Waals surface area contributed by atoms with Gasteiger partial charge in [-0.2, -0.15) is 0 Å². The van der Waals surface area contributed by atoms with Crippen molar-refractivity contribution in [3.8, 4) is 0 Å². The van der Waals surface area contributed by atoms with Gasteiger partial charge in [0.05, 0.1) is 26.4 Å². The second-order valence-corrected chi connectivity index (χ2v) is 38.9. The predicted octanol–water partition coefficient (Wildman–Crippen LogP) is 34.4. The van der Waals surface area contributed by atoms with Crippen LogP contribution in [0, 0.1) is 0 Å². The predicted molar refractivity (Wildman–Crippen MR) is 556 cm³/mol. The lowest BCUT2D eigenvalue weighted by molar-refractivity contribution is -0.161. The van der Waals surface area contributed by atoms with Gasteiger partial charge in [-0.05, 0) is 154 Å². The van der Waals surface area contributed by atoms with E-state index in [2.05, 4.69) is 179 Å². The second-order valence-electron chi connectivity index (χ2n) is 36.0. The van der Waals surface area contributed by atoms with Crippen molar-refractivity contribution in [1.82, 2.24) is 0 Å². The van der Waals surface area contributed by atoms with Crippen LogP contribution in [0.2, 0.25) is 0 Å². The Bertz CT molecular complexity index is 3010. The van der Waals surface area contributed by atoms with E-state index in [4.69, 9.17) is 32.3 Å². The largest absolute Gasteiger partial charge is 0.472 e. The van der Waals surface area contributed by atoms with Crippen molar-refractivity contribution >= 4 is 33.6 Å². The summed E-state index contributed by atoms with van der Waals surface area (Å²) in [5.74, 6) is -1.55. The normalized spacial score (nSPS) is 14.2. The Morgan fingerprint density at radius 2 is 0.405 bits per heavy atom. The van der Waals surface area contributed by atoms with Crippen molar-refractivity contribution < 1.29 is 75.8 Å². The van der Waals surface area contributed by atoms with Crippen LogP contribution in [0.5, 0.6) is 0 Å². The van der Waals surface area contributed by atoms with Crippen molar-refractivity contribution in [3.05, 3.63) is 158 Å². The van der Waals surface area contributed by atoms with Gasteiger partial charge in [0.25, 0.3) is 0 Å². The number of aliphatic hydroxyl groups excluding tert-OH is 2. The molecule has 0 heterocycles. The molecule has 4 N–H and O–H groups in total. The van der Waals surface area contributed by atoms with Crippen LogP contribution < -0.4 is 0 Å². The SMILES string of the molecule is CC/C=C\C/C=C\C/C=C\C/C=C\C/C=C\CCCCCCCCCCCCCCCCCCCCCC(=O)OCC(O)COP(=O)(O)OCC(O)COP(=O)(O)OCC(COC(=O)CCCCCCCCCCCCCCCCC/C=C\C/C=C\C/C=C\C/C=C\CCCCC)OC(=O)CCCCCCCCCCCCCCC/C=C\C/C=C\C/C=C\C/C=C\CCCCC. The lowest BCUT2D eigenvalue weighted by Crippen LogP contribution is -2.30. The highest BCUT2D eigenvalue weighted by molar-refractivity contribution is 7.47. The standard InChI is InChI=1S/C113H198O16P2/c1-4-7-10-13-16-19-22-25-28-31-34-37-40-43-46-49-51-52-53-54-56-59-60-63-66-69-72-75-78-81-84-87-90-93-96-99-111(116)123-102-108(114)103-125-130(119,120)126-104-109(115)105-127-131(121,122)128-107-110(129-113(118)101-98-95-92-89-86-83-80-77-74-71-68-65-62-57-48-45-42-39-36-33-30-27-24-21-18-15-12-9-6-3)106-124-112(117)100-97-94-91-88-85-82-79-76-73-70-67-64-61-58-55-50-47-44-41-38-35-32-29-26-23-20-17-14-11-8-5-2/h7,10,16-21,25-30,34-39,43-48,108-110,114-115H,4-6,8-9,11-15,22-24,31-33,40-42,49-107H2,1-3H3,(H,119,120)(H,121,122)/b10-7-,19-16-,20-17-,21-18-,28-25-,29-26-,30-27-,37-34-,38-35-,39-36-,46-43-,47-44-,48-45-. The first-order chi connectivity index (χ1) is 64.2. The molecule has 16 nitrogen and oxygen atoms in total. The third-order valence-corrected chi connectivity index (χ3v) is 25.1. The summed E-state index contributed by atoms with van der Waals surface area (Å²) in [5.41, 5.74) is 0. The minimum atomic E-state index is -4.95. The van der Waals surface area contributed by atoms with Gasteiger partial charge in [0.2, 0.25) is 0 Å². The summed E-state index contributed by atoms with van der Waals surface area (Å²) >= 11 is 0. The topological polar surface area (TPSA) is 231 Å². The van der Waals surface area contributed by atoms with Gasteiger partial charge in [0.15, 0.2) is 6.10 Å². The van der Waals surface area contributed by atoms with E-state index in [9.17, 15) is 43.5 Å². The molecule has 5 atom stereocenters. The molecular weight excluding hydrogens is 1680 g/mol. The molecule has 131 heavy (non-hydrogen) atoms. The molecule has 0 bridgehead atoms. The molecule has 756 valence electrons. The molecule has 0 saturated heterocycles. The van der Waals surface area contributed by atoms with E-state index >= 15 is 0 Å². The highest BCUT2D eigenvalue weighted by atomic mass is 31.2. The number of carbonyl (C=O) groups excluding carboxylic acids is 3. The van der Waals surface area contributed by atoms with Gasteiger partial charge >= 0.3 is 33.6 Å². The van der Waals surface area contributed by atoms with E-state index < -0.39 is 91.5 Å². The molecule has 0 amide bonds. The molecule has 0 aromatic rings. The smallest absolute Gasteiger partial charge is 0.463 e. The molecule has 0 aliphatic carbocycles. The van der Waals surface area contributed by atoms with Gasteiger partial charge in [0.1, 0.15) is 25.4 Å². The Labute approximate surface area is 803 Å². The number of carbonyl (C=O) groups is 3. The third kappa shape index (κ3) is 105. The summed E-state index contributed by atoms with van der Waals surface area (Å²) in [6.07, 6.45) is 136. The zero-order valence-corrected chi connectivity index (χ0v) is 85.8. The molecule has 5 unspecified atom stereocenters. The van der Waals surface area contributed by atoms with E-state index in [-0.39, 0.29) is 19.3 Å². The summed E-state index contributed by atoms with van der Waals surface area (Å²) in [7, 11) is -9.82. The van der Waals surface area contributed by atoms with Crippen LogP contribution in [-0.2, 0) is 55.8 Å². The fourth-order valence-electron chi connectivity index (χ4n) is 15.1. The van der Waals surface area contributed by atoms with Gasteiger partial charge in [-0.25, -0.2) is 9.13 Å². The van der Waals surface area contributed by atoms with Crippen molar-refractivity contribution in [2.45, 2.75) is 501 Å². The van der Waals surface area contributed by atoms with Crippen LogP contribution in [0.15, 0.2) is 158 Å². The fraction of sp³-hybridized carbons (Fsp3) is 0.743. The number of ether oxygens (including phenoxy) is 3. The van der Waals surface area contributed by atoms with Gasteiger partial charge in [0, 0.05) is 19.3 Å². The molecule has 0 aromatic heterocycles. The van der Waals surface area contributed by atoms with Gasteiger partial charge in [-0.15, -0.1) is 0 Å². The first-order valence-corrected chi connectivity index (χ1v) is 56.8. The first-order valence-electron chi connectivity index (χ1n) is 53.8. The number of hydrogen-bond acceptors (Lipinski definition) is 14. The molecule has 18 heteroatoms. The van der Waals surface area contributed by atoms with Gasteiger partial charge < -0.3 is 34.2 Å². The summed E-state index contributed by atoms with van der Waals surface area (Å²) in [6.45, 7) is 2.61. The highest BCUT2D eigenvalue weighted by Crippen LogP contribution is 2.45. The van der Waals surface area contributed by atoms with Crippen molar-refractivity contribution in [2.24, 2.45) is 0 Å². The van der Waals surface area contributed by atoms with E-state index in [1.807, 2.05) is 0 Å². The number of phosphoric acid groups is 2. The Morgan fingerprint density at radius 1 is 0.221 bits per heavy atom. The van der Waals surface area contributed by atoms with E-state index in [1.165, 1.54) is 283 Å². The molecule has 0 rings (SSSR count). The number of aliphatic hydroxyl groups is 2. The molecule has 0 aliphatic rings. The number of hydrogen-bond donors (Lipinski definition) is 4. The van der Waals surface area contributed by atoms with Crippen LogP contribution in [-0.4, -0.2) is 95.9 Å². The maximum absolute atomic E-state index is 13.1. The lowest BCUT2D eigenvalue weighted by Gasteiger charge is -2.21. The van der Waals surface area contributed by atoms with Crippen LogP contribution >= 0.6 is 15.6 Å². The Hall–Kier alpha value is -4.83. The van der Waals surface area contributed by atoms with E-state index in [0.29, 0.717) is 19.3 Å². The summed E-state index contributed by atoms with van der Waals surface area (Å²) in [5, 5.41) is 20.8. The molecule has 0 aromatic carbocycles. The van der Waals surface area contributed by atoms with E-state index in [1.54, 1.807) is 0 Å². The summed E-state index contributed by atoms with van der Waals surface area (Å²) in [6, 6.07) is 0. The number of phosphoric ester groups is 2. The second kappa shape index (κ2) is 104. The first kappa shape index (κ1) is 126. The number of rotatable bonds is 102.